The van der Waals surface area contributed by atoms with Crippen molar-refractivity contribution in [3.05, 3.63) is 35.9 Å². The molecule has 0 aliphatic carbocycles. The van der Waals surface area contributed by atoms with E-state index in [0.717, 1.165) is 5.56 Å². The Labute approximate surface area is 217 Å². The highest BCUT2D eigenvalue weighted by atomic mass is 16.4. The Morgan fingerprint density at radius 2 is 1.21 bits per heavy atom. The zero-order valence-corrected chi connectivity index (χ0v) is 20.4. The lowest BCUT2D eigenvalue weighted by molar-refractivity contribution is -0.144. The second kappa shape index (κ2) is 15.6. The third-order valence-corrected chi connectivity index (χ3v) is 5.25. The summed E-state index contributed by atoms with van der Waals surface area (Å²) in [4.78, 5) is 83.2. The molecule has 0 heterocycles. The van der Waals surface area contributed by atoms with E-state index in [1.165, 1.54) is 0 Å². The summed E-state index contributed by atoms with van der Waals surface area (Å²) >= 11 is 0. The summed E-state index contributed by atoms with van der Waals surface area (Å²) in [5.41, 5.74) is 16.8. The molecule has 4 atom stereocenters. The van der Waals surface area contributed by atoms with Crippen LogP contribution < -0.4 is 33.2 Å². The molecule has 0 bridgehead atoms. The van der Waals surface area contributed by atoms with Gasteiger partial charge >= 0.3 is 11.9 Å². The maximum atomic E-state index is 13.0. The lowest BCUT2D eigenvalue weighted by Crippen LogP contribution is -2.57. The standard InChI is InChI=1S/C23H32N6O9/c24-13(10-12-4-2-1-3-5-12)20(34)27-14(6-8-17(25)30)21(35)28-15(7-9-19(32)33)22(36)29-16(23(37)38)11-18(26)31/h1-5,13-16H,6-11,24H2,(H2,25,30)(H2,26,31)(H,27,34)(H,28,35)(H,29,36)(H,32,33)(H,37,38). The molecule has 0 fully saturated rings. The number of primary amides is 2. The molecule has 0 spiro atoms. The number of hydrogen-bond donors (Lipinski definition) is 8. The van der Waals surface area contributed by atoms with Crippen molar-refractivity contribution in [1.82, 2.24) is 16.0 Å². The fraction of sp³-hybridized carbons (Fsp3) is 0.435. The third kappa shape index (κ3) is 11.9. The number of nitrogens with two attached hydrogens (primary N) is 3. The van der Waals surface area contributed by atoms with Gasteiger partial charge in [-0.25, -0.2) is 4.79 Å². The molecule has 11 N–H and O–H groups in total. The summed E-state index contributed by atoms with van der Waals surface area (Å²) in [7, 11) is 0. The number of carbonyl (C=O) groups is 7. The van der Waals surface area contributed by atoms with E-state index in [-0.39, 0.29) is 19.3 Å². The molecule has 0 aliphatic heterocycles. The first kappa shape index (κ1) is 31.5. The molecular weight excluding hydrogens is 504 g/mol. The average molecular weight is 537 g/mol. The van der Waals surface area contributed by atoms with Crippen LogP contribution in [0.4, 0.5) is 0 Å². The van der Waals surface area contributed by atoms with Crippen LogP contribution in [0.25, 0.3) is 0 Å². The number of carboxylic acid groups (broad SMARTS) is 2. The molecule has 0 saturated carbocycles. The predicted molar refractivity (Wildman–Crippen MR) is 131 cm³/mol. The fourth-order valence-corrected chi connectivity index (χ4v) is 3.28. The van der Waals surface area contributed by atoms with E-state index < -0.39 is 84.9 Å². The first-order valence-electron chi connectivity index (χ1n) is 11.5. The van der Waals surface area contributed by atoms with Gasteiger partial charge < -0.3 is 43.4 Å². The largest absolute Gasteiger partial charge is 0.481 e. The summed E-state index contributed by atoms with van der Waals surface area (Å²) in [5, 5.41) is 24.9. The van der Waals surface area contributed by atoms with Gasteiger partial charge in [-0.1, -0.05) is 30.3 Å². The van der Waals surface area contributed by atoms with Crippen LogP contribution in [-0.4, -0.2) is 75.9 Å². The molecule has 15 nitrogen and oxygen atoms in total. The molecule has 38 heavy (non-hydrogen) atoms. The van der Waals surface area contributed by atoms with E-state index >= 15 is 0 Å². The van der Waals surface area contributed by atoms with Crippen LogP contribution in [0.15, 0.2) is 30.3 Å². The molecule has 1 rings (SSSR count). The quantitative estimate of drug-likeness (QED) is 0.100. The normalized spacial score (nSPS) is 13.7. The van der Waals surface area contributed by atoms with Crippen molar-refractivity contribution >= 4 is 41.5 Å². The Hall–Kier alpha value is -4.53. The van der Waals surface area contributed by atoms with Gasteiger partial charge in [-0.2, -0.15) is 0 Å². The van der Waals surface area contributed by atoms with Gasteiger partial charge in [0.15, 0.2) is 0 Å². The summed E-state index contributed by atoms with van der Waals surface area (Å²) in [5.74, 6) is -7.51. The van der Waals surface area contributed by atoms with Gasteiger partial charge in [0.2, 0.25) is 29.5 Å². The molecule has 4 unspecified atom stereocenters. The zero-order chi connectivity index (χ0) is 28.8. The van der Waals surface area contributed by atoms with Crippen molar-refractivity contribution in [3.63, 3.8) is 0 Å². The number of nitrogens with one attached hydrogen (secondary N) is 3. The van der Waals surface area contributed by atoms with E-state index in [1.54, 1.807) is 30.3 Å². The maximum Gasteiger partial charge on any atom is 0.326 e. The lowest BCUT2D eigenvalue weighted by atomic mass is 10.0. The van der Waals surface area contributed by atoms with Gasteiger partial charge in [0.05, 0.1) is 12.5 Å². The lowest BCUT2D eigenvalue weighted by Gasteiger charge is -2.25. The molecule has 15 heteroatoms. The minimum absolute atomic E-state index is 0.136. The Bertz CT molecular complexity index is 1030. The number of carboxylic acids is 2. The SMILES string of the molecule is NC(=O)CCC(NC(=O)C(N)Cc1ccccc1)C(=O)NC(CCC(=O)O)C(=O)NC(CC(N)=O)C(=O)O. The number of carbonyl (C=O) groups excluding carboxylic acids is 5. The van der Waals surface area contributed by atoms with Crippen LogP contribution in [0.2, 0.25) is 0 Å². The van der Waals surface area contributed by atoms with Crippen LogP contribution in [-0.2, 0) is 40.0 Å². The minimum atomic E-state index is -1.73. The van der Waals surface area contributed by atoms with Crippen LogP contribution in [0.1, 0.15) is 37.7 Å². The van der Waals surface area contributed by atoms with E-state index in [4.69, 9.17) is 22.3 Å². The Morgan fingerprint density at radius 3 is 1.68 bits per heavy atom. The van der Waals surface area contributed by atoms with Gasteiger partial charge in [-0.05, 0) is 24.8 Å². The Balaban J connectivity index is 3.03. The smallest absolute Gasteiger partial charge is 0.326 e. The van der Waals surface area contributed by atoms with E-state index in [9.17, 15) is 38.7 Å². The molecule has 208 valence electrons. The number of hydrogen-bond acceptors (Lipinski definition) is 8. The first-order chi connectivity index (χ1) is 17.8. The van der Waals surface area contributed by atoms with Crippen molar-refractivity contribution in [3.8, 4) is 0 Å². The summed E-state index contributed by atoms with van der Waals surface area (Å²) in [6.07, 6.45) is -2.25. The molecule has 1 aromatic carbocycles. The van der Waals surface area contributed by atoms with Crippen LogP contribution in [0.3, 0.4) is 0 Å². The topological polar surface area (TPSA) is 274 Å². The molecule has 0 aromatic heterocycles. The summed E-state index contributed by atoms with van der Waals surface area (Å²) in [6.45, 7) is 0. The maximum absolute atomic E-state index is 13.0. The molecule has 5 amide bonds. The highest BCUT2D eigenvalue weighted by Crippen LogP contribution is 2.06. The number of rotatable bonds is 17. The van der Waals surface area contributed by atoms with Crippen LogP contribution in [0, 0.1) is 0 Å². The first-order valence-corrected chi connectivity index (χ1v) is 11.5. The van der Waals surface area contributed by atoms with Crippen molar-refractivity contribution in [2.75, 3.05) is 0 Å². The van der Waals surface area contributed by atoms with Gasteiger partial charge in [-0.3, -0.25) is 28.8 Å². The van der Waals surface area contributed by atoms with Crippen molar-refractivity contribution < 1.29 is 43.8 Å². The Morgan fingerprint density at radius 1 is 0.711 bits per heavy atom. The molecule has 0 aliphatic rings. The van der Waals surface area contributed by atoms with Gasteiger partial charge in [-0.15, -0.1) is 0 Å². The highest BCUT2D eigenvalue weighted by Gasteiger charge is 2.31. The van der Waals surface area contributed by atoms with Gasteiger partial charge in [0.1, 0.15) is 18.1 Å². The molecule has 0 saturated heterocycles. The van der Waals surface area contributed by atoms with E-state index in [0.29, 0.717) is 0 Å². The second-order valence-corrected chi connectivity index (χ2v) is 8.43. The molecule has 0 radical (unpaired) electrons. The zero-order valence-electron chi connectivity index (χ0n) is 20.4. The molecule has 1 aromatic rings. The van der Waals surface area contributed by atoms with E-state index in [2.05, 4.69) is 10.6 Å². The number of aliphatic carboxylic acids is 2. The summed E-state index contributed by atoms with van der Waals surface area (Å²) < 4.78 is 0. The van der Waals surface area contributed by atoms with Crippen LogP contribution in [0.5, 0.6) is 0 Å². The summed E-state index contributed by atoms with van der Waals surface area (Å²) in [6, 6.07) is 3.02. The van der Waals surface area contributed by atoms with Crippen LogP contribution >= 0.6 is 0 Å². The number of benzene rings is 1. The minimum Gasteiger partial charge on any atom is -0.481 e. The average Bonchev–Trinajstić information content (AvgIpc) is 2.83. The predicted octanol–water partition coefficient (Wildman–Crippen LogP) is -2.90. The van der Waals surface area contributed by atoms with E-state index in [1.807, 2.05) is 5.32 Å². The highest BCUT2D eigenvalue weighted by molar-refractivity contribution is 5.95. The van der Waals surface area contributed by atoms with Crippen molar-refractivity contribution in [2.24, 2.45) is 17.2 Å². The molecular formula is C23H32N6O9. The second-order valence-electron chi connectivity index (χ2n) is 8.43. The third-order valence-electron chi connectivity index (χ3n) is 5.25. The monoisotopic (exact) mass is 536 g/mol. The Kier molecular flexibility index (Phi) is 12.9. The number of amides is 5. The van der Waals surface area contributed by atoms with Gasteiger partial charge in [0, 0.05) is 12.8 Å². The van der Waals surface area contributed by atoms with Crippen molar-refractivity contribution in [1.29, 1.82) is 0 Å². The van der Waals surface area contributed by atoms with Crippen molar-refractivity contribution in [2.45, 2.75) is 62.7 Å². The fourth-order valence-electron chi connectivity index (χ4n) is 3.28. The van der Waals surface area contributed by atoms with Gasteiger partial charge in [0.25, 0.3) is 0 Å².